The van der Waals surface area contributed by atoms with Gasteiger partial charge in [0.05, 0.1) is 0 Å². The number of nitrogens with one attached hydrogen (secondary N) is 2. The van der Waals surface area contributed by atoms with Crippen molar-refractivity contribution in [1.82, 2.24) is 30.3 Å². The first kappa shape index (κ1) is 19.7. The van der Waals surface area contributed by atoms with Crippen LogP contribution in [0.3, 0.4) is 0 Å². The standard InChI is InChI=1S/C21H37N7/c1-15-10-12-28(13-11-15)19-8-6-18(7-9-19)24-21(23-17-4-5-17)22-14-20-26-25-16(2)27(20)3/h15,17-19H,4-14H2,1-3H3,(H2,22,23,24). The largest absolute Gasteiger partial charge is 0.354 e. The molecule has 7 heteroatoms. The van der Waals surface area contributed by atoms with Crippen molar-refractivity contribution in [2.75, 3.05) is 13.1 Å². The van der Waals surface area contributed by atoms with Crippen LogP contribution in [0.5, 0.6) is 0 Å². The van der Waals surface area contributed by atoms with Gasteiger partial charge in [0.1, 0.15) is 12.4 Å². The molecule has 2 saturated carbocycles. The molecule has 7 nitrogen and oxygen atoms in total. The second-order valence-electron chi connectivity index (χ2n) is 9.17. The Morgan fingerprint density at radius 2 is 1.57 bits per heavy atom. The summed E-state index contributed by atoms with van der Waals surface area (Å²) < 4.78 is 2.02. The molecule has 1 saturated heterocycles. The van der Waals surface area contributed by atoms with E-state index in [2.05, 4.69) is 32.7 Å². The fourth-order valence-electron chi connectivity index (χ4n) is 4.46. The van der Waals surface area contributed by atoms with Gasteiger partial charge in [0.15, 0.2) is 11.8 Å². The van der Waals surface area contributed by atoms with Crippen molar-refractivity contribution >= 4 is 5.96 Å². The summed E-state index contributed by atoms with van der Waals surface area (Å²) in [6.07, 6.45) is 10.4. The molecule has 0 aromatic carbocycles. The number of aliphatic imine (C=N–C) groups is 1. The molecular weight excluding hydrogens is 350 g/mol. The Morgan fingerprint density at radius 1 is 0.964 bits per heavy atom. The molecule has 2 N–H and O–H groups in total. The van der Waals surface area contributed by atoms with Gasteiger partial charge in [-0.2, -0.15) is 0 Å². The smallest absolute Gasteiger partial charge is 0.192 e. The molecule has 0 radical (unpaired) electrons. The van der Waals surface area contributed by atoms with Gasteiger partial charge in [0, 0.05) is 25.2 Å². The molecule has 1 aliphatic heterocycles. The Morgan fingerprint density at radius 3 is 2.11 bits per heavy atom. The summed E-state index contributed by atoms with van der Waals surface area (Å²) in [6.45, 7) is 7.55. The van der Waals surface area contributed by atoms with E-state index < -0.39 is 0 Å². The van der Waals surface area contributed by atoms with Gasteiger partial charge in [-0.1, -0.05) is 6.92 Å². The van der Waals surface area contributed by atoms with E-state index in [9.17, 15) is 0 Å². The Balaban J connectivity index is 1.29. The van der Waals surface area contributed by atoms with Gasteiger partial charge in [-0.25, -0.2) is 4.99 Å². The summed E-state index contributed by atoms with van der Waals surface area (Å²) in [5.41, 5.74) is 0. The number of aryl methyl sites for hydroxylation is 1. The highest BCUT2D eigenvalue weighted by Gasteiger charge is 2.29. The van der Waals surface area contributed by atoms with E-state index in [4.69, 9.17) is 4.99 Å². The molecule has 28 heavy (non-hydrogen) atoms. The van der Waals surface area contributed by atoms with Crippen LogP contribution in [0.1, 0.15) is 69.9 Å². The van der Waals surface area contributed by atoms with E-state index in [0.29, 0.717) is 18.6 Å². The lowest BCUT2D eigenvalue weighted by Gasteiger charge is -2.40. The van der Waals surface area contributed by atoms with Crippen LogP contribution in [-0.2, 0) is 13.6 Å². The molecule has 2 heterocycles. The zero-order chi connectivity index (χ0) is 19.5. The Hall–Kier alpha value is -1.63. The SMILES string of the molecule is Cc1nnc(CN=C(NC2CC2)NC2CCC(N3CCC(C)CC3)CC2)n1C. The second kappa shape index (κ2) is 8.80. The van der Waals surface area contributed by atoms with Crippen LogP contribution in [-0.4, -0.2) is 56.8 Å². The Kier molecular flexibility index (Phi) is 6.19. The van der Waals surface area contributed by atoms with E-state index in [1.165, 1.54) is 64.5 Å². The predicted molar refractivity (Wildman–Crippen MR) is 112 cm³/mol. The molecule has 3 aliphatic rings. The van der Waals surface area contributed by atoms with Gasteiger partial charge in [-0.05, 0) is 77.3 Å². The number of guanidine groups is 1. The van der Waals surface area contributed by atoms with Crippen LogP contribution in [0, 0.1) is 12.8 Å². The summed E-state index contributed by atoms with van der Waals surface area (Å²) in [5, 5.41) is 15.7. The minimum Gasteiger partial charge on any atom is -0.354 e. The number of hydrogen-bond donors (Lipinski definition) is 2. The van der Waals surface area contributed by atoms with Crippen LogP contribution in [0.2, 0.25) is 0 Å². The van der Waals surface area contributed by atoms with Crippen LogP contribution >= 0.6 is 0 Å². The molecule has 0 amide bonds. The van der Waals surface area contributed by atoms with Crippen molar-refractivity contribution in [3.63, 3.8) is 0 Å². The molecule has 1 aromatic rings. The zero-order valence-corrected chi connectivity index (χ0v) is 17.8. The van der Waals surface area contributed by atoms with Gasteiger partial charge in [-0.3, -0.25) is 0 Å². The number of nitrogens with zero attached hydrogens (tertiary/aromatic N) is 5. The van der Waals surface area contributed by atoms with E-state index in [-0.39, 0.29) is 0 Å². The topological polar surface area (TPSA) is 70.4 Å². The lowest BCUT2D eigenvalue weighted by molar-refractivity contribution is 0.105. The average molecular weight is 388 g/mol. The minimum atomic E-state index is 0.534. The fourth-order valence-corrected chi connectivity index (χ4v) is 4.46. The summed E-state index contributed by atoms with van der Waals surface area (Å²) in [4.78, 5) is 7.57. The molecule has 1 aromatic heterocycles. The fraction of sp³-hybridized carbons (Fsp3) is 0.857. The first-order valence-corrected chi connectivity index (χ1v) is 11.2. The van der Waals surface area contributed by atoms with Gasteiger partial charge < -0.3 is 20.1 Å². The lowest BCUT2D eigenvalue weighted by atomic mass is 9.88. The minimum absolute atomic E-state index is 0.534. The number of rotatable bonds is 5. The third-order valence-electron chi connectivity index (χ3n) is 6.85. The molecule has 3 fully saturated rings. The summed E-state index contributed by atoms with van der Waals surface area (Å²) in [6, 6.07) is 1.93. The first-order chi connectivity index (χ1) is 13.6. The van der Waals surface area contributed by atoms with Crippen LogP contribution in [0.15, 0.2) is 4.99 Å². The van der Waals surface area contributed by atoms with Crippen LogP contribution in [0.25, 0.3) is 0 Å². The zero-order valence-electron chi connectivity index (χ0n) is 17.8. The molecular formula is C21H37N7. The molecule has 2 aliphatic carbocycles. The Labute approximate surface area is 169 Å². The highest BCUT2D eigenvalue weighted by molar-refractivity contribution is 5.80. The van der Waals surface area contributed by atoms with E-state index >= 15 is 0 Å². The highest BCUT2D eigenvalue weighted by atomic mass is 15.3. The number of piperidine rings is 1. The number of likely N-dealkylation sites (tertiary alicyclic amines) is 1. The monoisotopic (exact) mass is 387 g/mol. The van der Waals surface area contributed by atoms with E-state index in [0.717, 1.165) is 29.6 Å². The van der Waals surface area contributed by atoms with Crippen LogP contribution < -0.4 is 10.6 Å². The summed E-state index contributed by atoms with van der Waals surface area (Å²) in [7, 11) is 2.00. The van der Waals surface area contributed by atoms with Crippen LogP contribution in [0.4, 0.5) is 0 Å². The molecule has 0 spiro atoms. The van der Waals surface area contributed by atoms with E-state index in [1.54, 1.807) is 0 Å². The third kappa shape index (κ3) is 5.04. The van der Waals surface area contributed by atoms with Crippen molar-refractivity contribution in [3.05, 3.63) is 11.6 Å². The molecule has 156 valence electrons. The number of hydrogen-bond acceptors (Lipinski definition) is 4. The van der Waals surface area contributed by atoms with Crippen molar-refractivity contribution < 1.29 is 0 Å². The van der Waals surface area contributed by atoms with Crippen molar-refractivity contribution in [2.45, 2.75) is 89.9 Å². The van der Waals surface area contributed by atoms with Gasteiger partial charge >= 0.3 is 0 Å². The number of aromatic nitrogens is 3. The van der Waals surface area contributed by atoms with Crippen molar-refractivity contribution in [1.29, 1.82) is 0 Å². The highest BCUT2D eigenvalue weighted by Crippen LogP contribution is 2.27. The molecule has 0 atom stereocenters. The third-order valence-corrected chi connectivity index (χ3v) is 6.85. The van der Waals surface area contributed by atoms with Gasteiger partial charge in [-0.15, -0.1) is 10.2 Å². The maximum atomic E-state index is 4.82. The average Bonchev–Trinajstić information content (AvgIpc) is 3.46. The summed E-state index contributed by atoms with van der Waals surface area (Å²) >= 11 is 0. The Bertz CT molecular complexity index is 662. The molecule has 0 unspecified atom stereocenters. The lowest BCUT2D eigenvalue weighted by Crippen LogP contribution is -2.49. The predicted octanol–water partition coefficient (Wildman–Crippen LogP) is 2.36. The quantitative estimate of drug-likeness (QED) is 0.600. The van der Waals surface area contributed by atoms with Gasteiger partial charge in [0.2, 0.25) is 0 Å². The molecule has 4 rings (SSSR count). The maximum Gasteiger partial charge on any atom is 0.192 e. The molecule has 0 bridgehead atoms. The summed E-state index contributed by atoms with van der Waals surface area (Å²) in [5.74, 6) is 3.72. The maximum absolute atomic E-state index is 4.82. The first-order valence-electron chi connectivity index (χ1n) is 11.2. The second-order valence-corrected chi connectivity index (χ2v) is 9.17. The van der Waals surface area contributed by atoms with Crippen molar-refractivity contribution in [2.24, 2.45) is 18.0 Å². The van der Waals surface area contributed by atoms with E-state index in [1.807, 2.05) is 18.5 Å². The normalized spacial score (nSPS) is 27.8. The van der Waals surface area contributed by atoms with Gasteiger partial charge in [0.25, 0.3) is 0 Å². The van der Waals surface area contributed by atoms with Crippen molar-refractivity contribution in [3.8, 4) is 0 Å².